The van der Waals surface area contributed by atoms with Gasteiger partial charge >= 0.3 is 0 Å². The number of hydrogen-bond donors (Lipinski definition) is 2. The van der Waals surface area contributed by atoms with E-state index >= 15 is 0 Å². The summed E-state index contributed by atoms with van der Waals surface area (Å²) >= 11 is 9.68. The molecule has 0 bridgehead atoms. The Balaban J connectivity index is 2.15. The lowest BCUT2D eigenvalue weighted by molar-refractivity contribution is 0.415. The predicted octanol–water partition coefficient (Wildman–Crippen LogP) is 4.26. The highest BCUT2D eigenvalue weighted by molar-refractivity contribution is 14.1. The van der Waals surface area contributed by atoms with Gasteiger partial charge in [0.2, 0.25) is 0 Å². The maximum atomic E-state index is 12.7. The highest BCUT2D eigenvalue weighted by Gasteiger charge is 2.23. The van der Waals surface area contributed by atoms with Crippen LogP contribution in [-0.4, -0.2) is 20.1 Å². The van der Waals surface area contributed by atoms with Crippen LogP contribution in [0.5, 0.6) is 5.75 Å². The van der Waals surface area contributed by atoms with Gasteiger partial charge in [0.15, 0.2) is 5.75 Å². The zero-order valence-electron chi connectivity index (χ0n) is 14.7. The smallest absolute Gasteiger partial charge is 0.262 e. The zero-order chi connectivity index (χ0) is 20.5. The molecule has 28 heavy (non-hydrogen) atoms. The average molecular weight is 552 g/mol. The number of thiophene rings is 1. The molecule has 2 aromatic heterocycles. The summed E-state index contributed by atoms with van der Waals surface area (Å²) in [6.45, 7) is 0. The number of benzene rings is 1. The summed E-state index contributed by atoms with van der Waals surface area (Å²) < 4.78 is 35.5. The molecular weight excluding hydrogens is 537 g/mol. The summed E-state index contributed by atoms with van der Waals surface area (Å²) in [7, 11) is -0.992. The number of nitrogens with one attached hydrogen (secondary N) is 2. The molecule has 7 nitrogen and oxygen atoms in total. The van der Waals surface area contributed by atoms with Gasteiger partial charge in [0, 0.05) is 22.1 Å². The molecule has 0 aliphatic heterocycles. The number of methoxy groups -OCH3 is 1. The molecule has 3 rings (SSSR count). The fraction of sp³-hybridized carbons (Fsp3) is 0.118. The second kappa shape index (κ2) is 8.31. The second-order valence-electron chi connectivity index (χ2n) is 5.65. The summed E-state index contributed by atoms with van der Waals surface area (Å²) in [6, 6.07) is 8.03. The third-order valence-corrected chi connectivity index (χ3v) is 7.01. The Kier molecular flexibility index (Phi) is 6.22. The molecule has 148 valence electrons. The lowest BCUT2D eigenvalue weighted by Crippen LogP contribution is -2.23. The number of ether oxygens (including phenoxy) is 1. The number of halogens is 2. The van der Waals surface area contributed by atoms with E-state index in [0.717, 1.165) is 3.57 Å². The van der Waals surface area contributed by atoms with Gasteiger partial charge in [-0.25, -0.2) is 8.42 Å². The number of pyridine rings is 1. The summed E-state index contributed by atoms with van der Waals surface area (Å²) in [5.41, 5.74) is 0.242. The van der Waals surface area contributed by atoms with Crippen LogP contribution in [0.2, 0.25) is 5.02 Å². The fourth-order valence-corrected chi connectivity index (χ4v) is 5.41. The van der Waals surface area contributed by atoms with Crippen molar-refractivity contribution in [2.45, 2.75) is 4.90 Å². The average Bonchev–Trinajstić information content (AvgIpc) is 3.18. The first-order valence-corrected chi connectivity index (χ1v) is 11.7. The van der Waals surface area contributed by atoms with Gasteiger partial charge in [0.1, 0.15) is 11.5 Å². The molecule has 0 spiro atoms. The normalized spacial score (nSPS) is 11.3. The quantitative estimate of drug-likeness (QED) is 0.447. The Morgan fingerprint density at radius 1 is 1.25 bits per heavy atom. The minimum atomic E-state index is -3.87. The van der Waals surface area contributed by atoms with Crippen molar-refractivity contribution in [1.82, 2.24) is 4.57 Å². The van der Waals surface area contributed by atoms with Crippen LogP contribution in [-0.2, 0) is 17.1 Å². The van der Waals surface area contributed by atoms with Crippen molar-refractivity contribution >= 4 is 72.7 Å². The minimum absolute atomic E-state index is 0.0889. The third-order valence-electron chi connectivity index (χ3n) is 3.85. The topological polar surface area (TPSA) is 89.4 Å². The van der Waals surface area contributed by atoms with E-state index in [1.807, 2.05) is 6.07 Å². The van der Waals surface area contributed by atoms with Gasteiger partial charge in [0.25, 0.3) is 15.6 Å². The van der Waals surface area contributed by atoms with Crippen LogP contribution in [0.1, 0.15) is 0 Å². The number of hydrogen-bond acceptors (Lipinski definition) is 6. The van der Waals surface area contributed by atoms with Crippen molar-refractivity contribution in [3.05, 3.63) is 60.0 Å². The van der Waals surface area contributed by atoms with E-state index in [1.54, 1.807) is 17.5 Å². The molecule has 2 N–H and O–H groups in total. The van der Waals surface area contributed by atoms with E-state index in [-0.39, 0.29) is 27.7 Å². The fourth-order valence-electron chi connectivity index (χ4n) is 2.40. The van der Waals surface area contributed by atoms with Crippen LogP contribution < -0.4 is 20.3 Å². The Bertz CT molecular complexity index is 1180. The van der Waals surface area contributed by atoms with Crippen molar-refractivity contribution in [3.63, 3.8) is 0 Å². The van der Waals surface area contributed by atoms with Gasteiger partial charge in [-0.1, -0.05) is 11.6 Å². The monoisotopic (exact) mass is 551 g/mol. The maximum absolute atomic E-state index is 12.7. The standard InChI is InChI=1S/C17H15ClIN3O4S2/c1-22-15(23)8-14(26-2)16(21-28(24,25)11-5-6-27-9-11)17(22)20-13-4-3-10(19)7-12(13)18/h3-9,20-21H,1-2H3. The number of anilines is 3. The van der Waals surface area contributed by atoms with Crippen LogP contribution in [0.4, 0.5) is 17.2 Å². The Morgan fingerprint density at radius 3 is 2.61 bits per heavy atom. The second-order valence-corrected chi connectivity index (χ2v) is 9.76. The molecule has 0 saturated carbocycles. The summed E-state index contributed by atoms with van der Waals surface area (Å²) in [5.74, 6) is 0.289. The number of nitrogens with zero attached hydrogens (tertiary/aromatic N) is 1. The highest BCUT2D eigenvalue weighted by atomic mass is 127. The van der Waals surface area contributed by atoms with Crippen LogP contribution in [0.15, 0.2) is 50.8 Å². The summed E-state index contributed by atoms with van der Waals surface area (Å²) in [5, 5.41) is 6.65. The van der Waals surface area contributed by atoms with E-state index in [4.69, 9.17) is 16.3 Å². The van der Waals surface area contributed by atoms with Gasteiger partial charge < -0.3 is 10.1 Å². The molecule has 0 radical (unpaired) electrons. The predicted molar refractivity (Wildman–Crippen MR) is 121 cm³/mol. The summed E-state index contributed by atoms with van der Waals surface area (Å²) in [6.07, 6.45) is 0. The first-order valence-electron chi connectivity index (χ1n) is 7.78. The van der Waals surface area contributed by atoms with Gasteiger partial charge in [-0.3, -0.25) is 14.1 Å². The van der Waals surface area contributed by atoms with Gasteiger partial charge in [-0.05, 0) is 52.2 Å². The van der Waals surface area contributed by atoms with Crippen molar-refractivity contribution in [3.8, 4) is 5.75 Å². The third kappa shape index (κ3) is 4.29. The maximum Gasteiger partial charge on any atom is 0.262 e. The number of sulfonamides is 1. The molecule has 0 aliphatic rings. The molecule has 0 fully saturated rings. The van der Waals surface area contributed by atoms with E-state index in [2.05, 4.69) is 32.6 Å². The summed E-state index contributed by atoms with van der Waals surface area (Å²) in [4.78, 5) is 12.4. The van der Waals surface area contributed by atoms with Crippen LogP contribution in [0, 0.1) is 3.57 Å². The Labute approximate surface area is 184 Å². The largest absolute Gasteiger partial charge is 0.494 e. The van der Waals surface area contributed by atoms with Crippen molar-refractivity contribution in [2.75, 3.05) is 17.1 Å². The lowest BCUT2D eigenvalue weighted by Gasteiger charge is -2.20. The minimum Gasteiger partial charge on any atom is -0.494 e. The molecule has 2 heterocycles. The van der Waals surface area contributed by atoms with Crippen LogP contribution >= 0.6 is 45.5 Å². The molecule has 3 aromatic rings. The van der Waals surface area contributed by atoms with Crippen molar-refractivity contribution in [1.29, 1.82) is 0 Å². The lowest BCUT2D eigenvalue weighted by atomic mass is 10.3. The first kappa shape index (κ1) is 21.0. The molecule has 0 amide bonds. The number of rotatable bonds is 6. The van der Waals surface area contributed by atoms with E-state index < -0.39 is 10.0 Å². The number of aromatic nitrogens is 1. The van der Waals surface area contributed by atoms with Crippen LogP contribution in [0.3, 0.4) is 0 Å². The van der Waals surface area contributed by atoms with Gasteiger partial charge in [-0.2, -0.15) is 11.3 Å². The van der Waals surface area contributed by atoms with E-state index in [1.165, 1.54) is 47.6 Å². The van der Waals surface area contributed by atoms with Gasteiger partial charge in [-0.15, -0.1) is 0 Å². The van der Waals surface area contributed by atoms with Crippen LogP contribution in [0.25, 0.3) is 0 Å². The Hall–Kier alpha value is -1.76. The van der Waals surface area contributed by atoms with Crippen molar-refractivity contribution in [2.24, 2.45) is 7.05 Å². The molecule has 11 heteroatoms. The molecule has 0 aliphatic carbocycles. The first-order chi connectivity index (χ1) is 13.2. The van der Waals surface area contributed by atoms with E-state index in [0.29, 0.717) is 10.7 Å². The molecule has 0 saturated heterocycles. The van der Waals surface area contributed by atoms with Crippen molar-refractivity contribution < 1.29 is 13.2 Å². The highest BCUT2D eigenvalue weighted by Crippen LogP contribution is 2.36. The SMILES string of the molecule is COc1cc(=O)n(C)c(Nc2ccc(I)cc2Cl)c1NS(=O)(=O)c1ccsc1. The zero-order valence-corrected chi connectivity index (χ0v) is 19.2. The Morgan fingerprint density at radius 2 is 2.00 bits per heavy atom. The van der Waals surface area contributed by atoms with E-state index in [9.17, 15) is 13.2 Å². The van der Waals surface area contributed by atoms with Gasteiger partial charge in [0.05, 0.1) is 22.7 Å². The molecule has 0 atom stereocenters. The molecular formula is C17H15ClIN3O4S2. The molecule has 1 aromatic carbocycles. The molecule has 0 unspecified atom stereocenters.